The molecule has 1 fully saturated rings. The molecule has 1 saturated heterocycles. The van der Waals surface area contributed by atoms with Crippen LogP contribution in [0.3, 0.4) is 0 Å². The molecule has 0 aliphatic carbocycles. The second kappa shape index (κ2) is 3.39. The first-order valence-electron chi connectivity index (χ1n) is 3.87. The van der Waals surface area contributed by atoms with Crippen LogP contribution in [0.25, 0.3) is 0 Å². The summed E-state index contributed by atoms with van der Waals surface area (Å²) < 4.78 is 41.5. The Balaban J connectivity index is 2.53. The highest BCUT2D eigenvalue weighted by atomic mass is 19.4. The van der Waals surface area contributed by atoms with Crippen molar-refractivity contribution < 1.29 is 27.8 Å². The van der Waals surface area contributed by atoms with Gasteiger partial charge in [0.1, 0.15) is 0 Å². The number of nitrogens with zero attached hydrogens (tertiary/aromatic N) is 1. The standard InChI is InChI=1S/C7H10F3NO3/c1-14-6(7(8,9)10)3-11(4-6)2-5(12)13/h2-4H2,1H3,(H,12,13). The molecule has 0 aromatic rings. The summed E-state index contributed by atoms with van der Waals surface area (Å²) in [5.74, 6) is -1.14. The van der Waals surface area contributed by atoms with Crippen molar-refractivity contribution in [1.82, 2.24) is 4.90 Å². The fraction of sp³-hybridized carbons (Fsp3) is 0.857. The van der Waals surface area contributed by atoms with Gasteiger partial charge in [0.05, 0.1) is 6.54 Å². The third kappa shape index (κ3) is 1.83. The maximum Gasteiger partial charge on any atom is 0.419 e. The van der Waals surface area contributed by atoms with Crippen LogP contribution in [0, 0.1) is 0 Å². The lowest BCUT2D eigenvalue weighted by atomic mass is 9.93. The van der Waals surface area contributed by atoms with E-state index in [2.05, 4.69) is 4.74 Å². The fourth-order valence-corrected chi connectivity index (χ4v) is 1.40. The highest BCUT2D eigenvalue weighted by molar-refractivity contribution is 5.69. The van der Waals surface area contributed by atoms with Crippen LogP contribution in [0.1, 0.15) is 0 Å². The summed E-state index contributed by atoms with van der Waals surface area (Å²) in [5, 5.41) is 8.33. The molecule has 0 saturated carbocycles. The summed E-state index contributed by atoms with van der Waals surface area (Å²) in [7, 11) is 0.978. The van der Waals surface area contributed by atoms with E-state index in [1.165, 1.54) is 4.90 Å². The van der Waals surface area contributed by atoms with Gasteiger partial charge in [-0.2, -0.15) is 13.2 Å². The molecule has 1 aliphatic heterocycles. The van der Waals surface area contributed by atoms with Gasteiger partial charge in [-0.3, -0.25) is 9.69 Å². The summed E-state index contributed by atoms with van der Waals surface area (Å²) in [6.45, 7) is -1.22. The number of methoxy groups -OCH3 is 1. The van der Waals surface area contributed by atoms with Crippen LogP contribution in [-0.2, 0) is 9.53 Å². The smallest absolute Gasteiger partial charge is 0.419 e. The molecule has 0 unspecified atom stereocenters. The number of aliphatic carboxylic acids is 1. The molecule has 4 nitrogen and oxygen atoms in total. The number of ether oxygens (including phenoxy) is 1. The molecule has 0 aromatic carbocycles. The summed E-state index contributed by atoms with van der Waals surface area (Å²) in [6, 6.07) is 0. The van der Waals surface area contributed by atoms with Gasteiger partial charge in [0.2, 0.25) is 0 Å². The van der Waals surface area contributed by atoms with E-state index < -0.39 is 30.8 Å². The van der Waals surface area contributed by atoms with Gasteiger partial charge in [-0.1, -0.05) is 0 Å². The average molecular weight is 213 g/mol. The van der Waals surface area contributed by atoms with Crippen molar-refractivity contribution in [2.45, 2.75) is 11.8 Å². The molecule has 0 radical (unpaired) electrons. The van der Waals surface area contributed by atoms with Crippen LogP contribution in [-0.4, -0.2) is 54.5 Å². The van der Waals surface area contributed by atoms with Crippen molar-refractivity contribution in [2.75, 3.05) is 26.7 Å². The summed E-state index contributed by atoms with van der Waals surface area (Å²) in [4.78, 5) is 11.4. The lowest BCUT2D eigenvalue weighted by Gasteiger charge is -2.48. The largest absolute Gasteiger partial charge is 0.480 e. The van der Waals surface area contributed by atoms with Gasteiger partial charge >= 0.3 is 12.1 Å². The first kappa shape index (κ1) is 11.3. The predicted octanol–water partition coefficient (Wildman–Crippen LogP) is 0.334. The normalized spacial score (nSPS) is 21.7. The van der Waals surface area contributed by atoms with E-state index in [9.17, 15) is 18.0 Å². The minimum absolute atomic E-state index is 0.388. The maximum absolute atomic E-state index is 12.4. The first-order chi connectivity index (χ1) is 6.31. The second-order valence-corrected chi connectivity index (χ2v) is 3.24. The molecule has 0 bridgehead atoms. The highest BCUT2D eigenvalue weighted by Crippen LogP contribution is 2.40. The van der Waals surface area contributed by atoms with Gasteiger partial charge in [0, 0.05) is 20.2 Å². The molecule has 82 valence electrons. The quantitative estimate of drug-likeness (QED) is 0.734. The number of hydrogen-bond acceptors (Lipinski definition) is 3. The zero-order valence-corrected chi connectivity index (χ0v) is 7.47. The Hall–Kier alpha value is -0.820. The number of rotatable bonds is 3. The minimum atomic E-state index is -4.45. The van der Waals surface area contributed by atoms with Crippen LogP contribution in [0.4, 0.5) is 13.2 Å². The molecule has 0 aromatic heterocycles. The average Bonchev–Trinajstić information content (AvgIpc) is 1.92. The number of likely N-dealkylation sites (tertiary alicyclic amines) is 1. The van der Waals surface area contributed by atoms with Gasteiger partial charge in [-0.05, 0) is 0 Å². The van der Waals surface area contributed by atoms with Crippen LogP contribution in [0.2, 0.25) is 0 Å². The topological polar surface area (TPSA) is 49.8 Å². The molecule has 1 N–H and O–H groups in total. The van der Waals surface area contributed by atoms with E-state index in [1.54, 1.807) is 0 Å². The molecule has 0 atom stereocenters. The van der Waals surface area contributed by atoms with Gasteiger partial charge in [0.15, 0.2) is 5.60 Å². The predicted molar refractivity (Wildman–Crippen MR) is 39.9 cm³/mol. The second-order valence-electron chi connectivity index (χ2n) is 3.24. The van der Waals surface area contributed by atoms with E-state index in [0.717, 1.165) is 7.11 Å². The number of alkyl halides is 3. The molecular weight excluding hydrogens is 203 g/mol. The third-order valence-corrected chi connectivity index (χ3v) is 2.22. The zero-order chi connectivity index (χ0) is 11.0. The number of carboxylic acid groups (broad SMARTS) is 1. The van der Waals surface area contributed by atoms with Crippen LogP contribution in [0.5, 0.6) is 0 Å². The molecule has 0 spiro atoms. The van der Waals surface area contributed by atoms with Crippen molar-refractivity contribution >= 4 is 5.97 Å². The Morgan fingerprint density at radius 2 is 2.07 bits per heavy atom. The van der Waals surface area contributed by atoms with E-state index in [4.69, 9.17) is 5.11 Å². The maximum atomic E-state index is 12.4. The lowest BCUT2D eigenvalue weighted by molar-refractivity contribution is -0.310. The monoisotopic (exact) mass is 213 g/mol. The molecule has 1 aliphatic rings. The molecule has 7 heteroatoms. The Labute approximate surface area is 78.2 Å². The zero-order valence-electron chi connectivity index (χ0n) is 7.47. The Kier molecular flexibility index (Phi) is 2.73. The van der Waals surface area contributed by atoms with Crippen molar-refractivity contribution in [3.63, 3.8) is 0 Å². The molecule has 0 amide bonds. The van der Waals surface area contributed by atoms with Crippen molar-refractivity contribution in [1.29, 1.82) is 0 Å². The van der Waals surface area contributed by atoms with Gasteiger partial charge in [0.25, 0.3) is 0 Å². The Morgan fingerprint density at radius 3 is 2.36 bits per heavy atom. The first-order valence-corrected chi connectivity index (χ1v) is 3.87. The molecular formula is C7H10F3NO3. The number of halogens is 3. The van der Waals surface area contributed by atoms with Crippen molar-refractivity contribution in [2.24, 2.45) is 0 Å². The molecule has 1 heterocycles. The number of carbonyl (C=O) groups is 1. The number of carboxylic acids is 1. The Bertz CT molecular complexity index is 235. The SMILES string of the molecule is COC1(C(F)(F)F)CN(CC(=O)O)C1. The van der Waals surface area contributed by atoms with E-state index in [1.807, 2.05) is 0 Å². The van der Waals surface area contributed by atoms with Crippen LogP contribution in [0.15, 0.2) is 0 Å². The third-order valence-electron chi connectivity index (χ3n) is 2.22. The highest BCUT2D eigenvalue weighted by Gasteiger charge is 2.62. The summed E-state index contributed by atoms with van der Waals surface area (Å²) in [5.41, 5.74) is -2.18. The summed E-state index contributed by atoms with van der Waals surface area (Å²) >= 11 is 0. The lowest BCUT2D eigenvalue weighted by Crippen LogP contribution is -2.70. The van der Waals surface area contributed by atoms with E-state index in [0.29, 0.717) is 0 Å². The van der Waals surface area contributed by atoms with Crippen LogP contribution >= 0.6 is 0 Å². The van der Waals surface area contributed by atoms with Crippen molar-refractivity contribution in [3.05, 3.63) is 0 Å². The fourth-order valence-electron chi connectivity index (χ4n) is 1.40. The van der Waals surface area contributed by atoms with E-state index in [-0.39, 0.29) is 6.54 Å². The molecule has 14 heavy (non-hydrogen) atoms. The van der Waals surface area contributed by atoms with Gasteiger partial charge in [-0.15, -0.1) is 0 Å². The van der Waals surface area contributed by atoms with Crippen LogP contribution < -0.4 is 0 Å². The molecule has 1 rings (SSSR count). The van der Waals surface area contributed by atoms with E-state index >= 15 is 0 Å². The van der Waals surface area contributed by atoms with Gasteiger partial charge in [-0.25, -0.2) is 0 Å². The van der Waals surface area contributed by atoms with Crippen molar-refractivity contribution in [3.8, 4) is 0 Å². The summed E-state index contributed by atoms with van der Waals surface area (Å²) in [6.07, 6.45) is -4.45. The number of hydrogen-bond donors (Lipinski definition) is 1. The van der Waals surface area contributed by atoms with Gasteiger partial charge < -0.3 is 9.84 Å². The minimum Gasteiger partial charge on any atom is -0.480 e. The Morgan fingerprint density at radius 1 is 1.57 bits per heavy atom.